The van der Waals surface area contributed by atoms with E-state index >= 15 is 0 Å². The van der Waals surface area contributed by atoms with Crippen LogP contribution in [0.4, 0.5) is 0 Å². The monoisotopic (exact) mass is 214 g/mol. The van der Waals surface area contributed by atoms with Crippen molar-refractivity contribution in [2.45, 2.75) is 25.4 Å². The number of nitrogens with two attached hydrogens (primary N) is 1. The summed E-state index contributed by atoms with van der Waals surface area (Å²) in [6.45, 7) is 4.04. The van der Waals surface area contributed by atoms with Crippen molar-refractivity contribution >= 4 is 11.8 Å². The SMILES string of the molecule is CSc1nnc(CC(C)C)c(=O)n1N. The van der Waals surface area contributed by atoms with Crippen LogP contribution in [-0.2, 0) is 6.42 Å². The molecule has 0 aliphatic heterocycles. The molecule has 0 bridgehead atoms. The average molecular weight is 214 g/mol. The van der Waals surface area contributed by atoms with Crippen molar-refractivity contribution in [2.75, 3.05) is 12.1 Å². The highest BCUT2D eigenvalue weighted by Crippen LogP contribution is 2.06. The number of hydrogen-bond acceptors (Lipinski definition) is 5. The normalized spacial score (nSPS) is 10.9. The van der Waals surface area contributed by atoms with Gasteiger partial charge >= 0.3 is 0 Å². The summed E-state index contributed by atoms with van der Waals surface area (Å²) in [6.07, 6.45) is 2.41. The van der Waals surface area contributed by atoms with Crippen LogP contribution in [0.15, 0.2) is 9.95 Å². The van der Waals surface area contributed by atoms with E-state index < -0.39 is 0 Å². The molecule has 14 heavy (non-hydrogen) atoms. The molecule has 1 rings (SSSR count). The topological polar surface area (TPSA) is 73.8 Å². The molecule has 0 aromatic carbocycles. The Morgan fingerprint density at radius 3 is 2.64 bits per heavy atom. The second kappa shape index (κ2) is 4.45. The standard InChI is InChI=1S/C8H14N4OS/c1-5(2)4-6-7(13)12(9)8(14-3)11-10-6/h5H,4,9H2,1-3H3. The van der Waals surface area contributed by atoms with Crippen LogP contribution in [0.5, 0.6) is 0 Å². The van der Waals surface area contributed by atoms with Crippen molar-refractivity contribution in [1.29, 1.82) is 0 Å². The van der Waals surface area contributed by atoms with E-state index in [0.717, 1.165) is 4.68 Å². The van der Waals surface area contributed by atoms with E-state index in [4.69, 9.17) is 5.84 Å². The van der Waals surface area contributed by atoms with E-state index in [-0.39, 0.29) is 5.56 Å². The van der Waals surface area contributed by atoms with Gasteiger partial charge in [0, 0.05) is 0 Å². The molecule has 0 spiro atoms. The number of hydrogen-bond donors (Lipinski definition) is 1. The minimum Gasteiger partial charge on any atom is -0.334 e. The maximum atomic E-state index is 11.6. The Labute approximate surface area is 86.7 Å². The van der Waals surface area contributed by atoms with Gasteiger partial charge in [0.25, 0.3) is 5.56 Å². The molecule has 0 unspecified atom stereocenters. The number of nitrogen functional groups attached to an aromatic ring is 1. The van der Waals surface area contributed by atoms with Crippen LogP contribution in [-0.4, -0.2) is 21.1 Å². The first-order chi connectivity index (χ1) is 6.56. The second-order valence-corrected chi connectivity index (χ2v) is 4.18. The summed E-state index contributed by atoms with van der Waals surface area (Å²) in [4.78, 5) is 11.6. The lowest BCUT2D eigenvalue weighted by Crippen LogP contribution is -2.34. The first-order valence-electron chi connectivity index (χ1n) is 4.34. The maximum absolute atomic E-state index is 11.6. The average Bonchev–Trinajstić information content (AvgIpc) is 2.13. The number of nitrogens with zero attached hydrogens (tertiary/aromatic N) is 3. The predicted molar refractivity (Wildman–Crippen MR) is 56.8 cm³/mol. The second-order valence-electron chi connectivity index (χ2n) is 3.41. The van der Waals surface area contributed by atoms with Crippen molar-refractivity contribution < 1.29 is 0 Å². The van der Waals surface area contributed by atoms with Crippen molar-refractivity contribution in [2.24, 2.45) is 5.92 Å². The zero-order valence-corrected chi connectivity index (χ0v) is 9.34. The fourth-order valence-electron chi connectivity index (χ4n) is 1.07. The molecule has 0 atom stereocenters. The molecule has 0 saturated heterocycles. The largest absolute Gasteiger partial charge is 0.334 e. The Bertz CT molecular complexity index is 374. The van der Waals surface area contributed by atoms with Crippen LogP contribution in [0.25, 0.3) is 0 Å². The van der Waals surface area contributed by atoms with Crippen LogP contribution in [0.2, 0.25) is 0 Å². The van der Waals surface area contributed by atoms with Crippen LogP contribution < -0.4 is 11.4 Å². The molecule has 2 N–H and O–H groups in total. The van der Waals surface area contributed by atoms with E-state index in [0.29, 0.717) is 23.2 Å². The Morgan fingerprint density at radius 1 is 1.50 bits per heavy atom. The van der Waals surface area contributed by atoms with Gasteiger partial charge in [-0.1, -0.05) is 25.6 Å². The molecule has 0 aliphatic carbocycles. The highest BCUT2D eigenvalue weighted by molar-refractivity contribution is 7.98. The number of thioether (sulfide) groups is 1. The summed E-state index contributed by atoms with van der Waals surface area (Å²) < 4.78 is 1.05. The number of rotatable bonds is 3. The van der Waals surface area contributed by atoms with Gasteiger partial charge in [-0.05, 0) is 18.6 Å². The third-order valence-corrected chi connectivity index (χ3v) is 2.36. The minimum absolute atomic E-state index is 0.252. The third kappa shape index (κ3) is 2.25. The van der Waals surface area contributed by atoms with Crippen LogP contribution in [0.3, 0.4) is 0 Å². The zero-order chi connectivity index (χ0) is 10.7. The molecule has 78 valence electrons. The molecular weight excluding hydrogens is 200 g/mol. The van der Waals surface area contributed by atoms with Gasteiger partial charge in [0.05, 0.1) is 0 Å². The predicted octanol–water partition coefficient (Wildman–Crippen LogP) is 0.273. The highest BCUT2D eigenvalue weighted by Gasteiger charge is 2.10. The third-order valence-electron chi connectivity index (χ3n) is 1.71. The summed E-state index contributed by atoms with van der Waals surface area (Å²) in [5.41, 5.74) is 0.179. The first kappa shape index (κ1) is 11.0. The van der Waals surface area contributed by atoms with Crippen molar-refractivity contribution in [3.8, 4) is 0 Å². The number of aromatic nitrogens is 3. The molecule has 0 fully saturated rings. The lowest BCUT2D eigenvalue weighted by atomic mass is 10.1. The Balaban J connectivity index is 3.11. The van der Waals surface area contributed by atoms with Gasteiger partial charge in [0.15, 0.2) is 0 Å². The summed E-state index contributed by atoms with van der Waals surface area (Å²) in [7, 11) is 0. The molecule has 0 aliphatic rings. The van der Waals surface area contributed by atoms with Gasteiger partial charge in [-0.2, -0.15) is 4.68 Å². The molecular formula is C8H14N4OS. The van der Waals surface area contributed by atoms with E-state index in [1.807, 2.05) is 13.8 Å². The highest BCUT2D eigenvalue weighted by atomic mass is 32.2. The van der Waals surface area contributed by atoms with Gasteiger partial charge in [0.1, 0.15) is 5.69 Å². The molecule has 1 heterocycles. The van der Waals surface area contributed by atoms with Gasteiger partial charge in [-0.15, -0.1) is 10.2 Å². The Hall–Kier alpha value is -1.04. The molecule has 0 amide bonds. The maximum Gasteiger partial charge on any atom is 0.294 e. The van der Waals surface area contributed by atoms with Crippen molar-refractivity contribution in [3.05, 3.63) is 16.0 Å². The summed E-state index contributed by atoms with van der Waals surface area (Å²) >= 11 is 1.30. The molecule has 0 radical (unpaired) electrons. The lowest BCUT2D eigenvalue weighted by molar-refractivity contribution is 0.588. The van der Waals surface area contributed by atoms with Gasteiger partial charge in [-0.25, -0.2) is 0 Å². The van der Waals surface area contributed by atoms with Crippen molar-refractivity contribution in [3.63, 3.8) is 0 Å². The van der Waals surface area contributed by atoms with Crippen LogP contribution >= 0.6 is 11.8 Å². The fourth-order valence-corrected chi connectivity index (χ4v) is 1.48. The fraction of sp³-hybridized carbons (Fsp3) is 0.625. The van der Waals surface area contributed by atoms with E-state index in [1.54, 1.807) is 6.26 Å². The van der Waals surface area contributed by atoms with E-state index in [9.17, 15) is 4.79 Å². The summed E-state index contributed by atoms with van der Waals surface area (Å²) in [5, 5.41) is 8.16. The van der Waals surface area contributed by atoms with Crippen LogP contribution in [0.1, 0.15) is 19.5 Å². The smallest absolute Gasteiger partial charge is 0.294 e. The molecule has 1 aromatic heterocycles. The van der Waals surface area contributed by atoms with Gasteiger partial charge in [-0.3, -0.25) is 4.79 Å². The van der Waals surface area contributed by atoms with E-state index in [2.05, 4.69) is 10.2 Å². The quantitative estimate of drug-likeness (QED) is 0.577. The first-order valence-corrected chi connectivity index (χ1v) is 5.56. The van der Waals surface area contributed by atoms with Gasteiger partial charge < -0.3 is 5.84 Å². The lowest BCUT2D eigenvalue weighted by Gasteiger charge is -2.06. The van der Waals surface area contributed by atoms with Crippen molar-refractivity contribution in [1.82, 2.24) is 14.9 Å². The van der Waals surface area contributed by atoms with Crippen LogP contribution in [0, 0.1) is 5.92 Å². The summed E-state index contributed by atoms with van der Waals surface area (Å²) in [5.74, 6) is 5.92. The van der Waals surface area contributed by atoms with Gasteiger partial charge in [0.2, 0.25) is 5.16 Å². The Morgan fingerprint density at radius 2 is 2.14 bits per heavy atom. The zero-order valence-electron chi connectivity index (χ0n) is 8.52. The molecule has 0 saturated carbocycles. The van der Waals surface area contributed by atoms with E-state index in [1.165, 1.54) is 11.8 Å². The minimum atomic E-state index is -0.252. The molecule has 5 nitrogen and oxygen atoms in total. The molecule has 6 heteroatoms. The summed E-state index contributed by atoms with van der Waals surface area (Å²) in [6, 6.07) is 0. The molecule has 1 aromatic rings. The Kier molecular flexibility index (Phi) is 3.51.